The number of fused-ring (bicyclic) bond motifs is 2. The van der Waals surface area contributed by atoms with Crippen molar-refractivity contribution in [2.75, 3.05) is 5.88 Å². The maximum Gasteiger partial charge on any atom is 0.126 e. The van der Waals surface area contributed by atoms with Crippen LogP contribution in [0.1, 0.15) is 43.6 Å². The molecule has 18 heavy (non-hydrogen) atoms. The maximum atomic E-state index is 13.8. The van der Waals surface area contributed by atoms with Crippen LogP contribution in [0.4, 0.5) is 4.39 Å². The molecule has 2 aliphatic rings. The molecular formula is C16H20ClF. The first kappa shape index (κ1) is 12.5. The molecule has 0 nitrogen and oxygen atoms in total. The van der Waals surface area contributed by atoms with E-state index in [1.807, 2.05) is 12.1 Å². The summed E-state index contributed by atoms with van der Waals surface area (Å²) in [4.78, 5) is 0. The van der Waals surface area contributed by atoms with Crippen LogP contribution < -0.4 is 0 Å². The van der Waals surface area contributed by atoms with E-state index in [1.54, 1.807) is 12.1 Å². The SMILES string of the molecule is Fc1ccccc1C(CCl)CC1CC2CCC1C2. The summed E-state index contributed by atoms with van der Waals surface area (Å²) in [5.74, 6) is 3.27. The maximum absolute atomic E-state index is 13.8. The van der Waals surface area contributed by atoms with E-state index in [9.17, 15) is 4.39 Å². The van der Waals surface area contributed by atoms with Gasteiger partial charge in [0.2, 0.25) is 0 Å². The molecule has 2 saturated carbocycles. The molecular weight excluding hydrogens is 247 g/mol. The van der Waals surface area contributed by atoms with Crippen LogP contribution in [0.5, 0.6) is 0 Å². The third-order valence-electron chi connectivity index (χ3n) is 5.00. The van der Waals surface area contributed by atoms with E-state index < -0.39 is 0 Å². The number of rotatable bonds is 4. The Morgan fingerprint density at radius 3 is 2.67 bits per heavy atom. The molecule has 0 aromatic heterocycles. The Kier molecular flexibility index (Phi) is 3.61. The van der Waals surface area contributed by atoms with Gasteiger partial charge in [0, 0.05) is 11.8 Å². The third-order valence-corrected chi connectivity index (χ3v) is 5.38. The van der Waals surface area contributed by atoms with Crippen molar-refractivity contribution in [2.24, 2.45) is 17.8 Å². The highest BCUT2D eigenvalue weighted by molar-refractivity contribution is 6.18. The summed E-state index contributed by atoms with van der Waals surface area (Å²) < 4.78 is 13.8. The van der Waals surface area contributed by atoms with Gasteiger partial charge in [0.05, 0.1) is 0 Å². The van der Waals surface area contributed by atoms with Crippen molar-refractivity contribution >= 4 is 11.6 Å². The summed E-state index contributed by atoms with van der Waals surface area (Å²) in [6.07, 6.45) is 6.66. The molecule has 0 saturated heterocycles. The Labute approximate surface area is 114 Å². The summed E-state index contributed by atoms with van der Waals surface area (Å²) in [5.41, 5.74) is 0.815. The van der Waals surface area contributed by atoms with Gasteiger partial charge in [-0.25, -0.2) is 4.39 Å². The van der Waals surface area contributed by atoms with Gasteiger partial charge < -0.3 is 0 Å². The van der Waals surface area contributed by atoms with Crippen LogP contribution in [0.3, 0.4) is 0 Å². The predicted octanol–water partition coefficient (Wildman–Crippen LogP) is 4.97. The first-order valence-corrected chi connectivity index (χ1v) is 7.61. The van der Waals surface area contributed by atoms with Gasteiger partial charge >= 0.3 is 0 Å². The summed E-state index contributed by atoms with van der Waals surface area (Å²) in [6, 6.07) is 7.12. The second-order valence-corrected chi connectivity index (χ2v) is 6.35. The van der Waals surface area contributed by atoms with E-state index in [0.717, 1.165) is 29.7 Å². The zero-order valence-corrected chi connectivity index (χ0v) is 11.4. The molecule has 2 heteroatoms. The highest BCUT2D eigenvalue weighted by Crippen LogP contribution is 2.51. The molecule has 0 spiro atoms. The first-order chi connectivity index (χ1) is 8.78. The summed E-state index contributed by atoms with van der Waals surface area (Å²) >= 11 is 6.09. The minimum absolute atomic E-state index is 0.0914. The molecule has 0 amide bonds. The summed E-state index contributed by atoms with van der Waals surface area (Å²) in [5, 5.41) is 0. The van der Waals surface area contributed by atoms with Gasteiger partial charge in [-0.15, -0.1) is 11.6 Å². The average molecular weight is 267 g/mol. The minimum Gasteiger partial charge on any atom is -0.207 e. The monoisotopic (exact) mass is 266 g/mol. The number of hydrogen-bond donors (Lipinski definition) is 0. The fourth-order valence-electron chi connectivity index (χ4n) is 4.11. The van der Waals surface area contributed by atoms with E-state index in [-0.39, 0.29) is 11.7 Å². The van der Waals surface area contributed by atoms with Crippen LogP contribution in [-0.4, -0.2) is 5.88 Å². The topological polar surface area (TPSA) is 0 Å². The van der Waals surface area contributed by atoms with Crippen LogP contribution in [0.2, 0.25) is 0 Å². The average Bonchev–Trinajstić information content (AvgIpc) is 2.99. The molecule has 4 atom stereocenters. The Hall–Kier alpha value is -0.560. The van der Waals surface area contributed by atoms with Crippen LogP contribution in [0.15, 0.2) is 24.3 Å². The third kappa shape index (κ3) is 2.30. The van der Waals surface area contributed by atoms with Gasteiger partial charge in [-0.2, -0.15) is 0 Å². The lowest BCUT2D eigenvalue weighted by atomic mass is 9.80. The lowest BCUT2D eigenvalue weighted by Crippen LogP contribution is -2.16. The Balaban J connectivity index is 1.72. The van der Waals surface area contributed by atoms with E-state index in [0.29, 0.717) is 5.88 Å². The standard InChI is InChI=1S/C16H20ClF/c17-10-14(15-3-1-2-4-16(15)18)9-13-8-11-5-6-12(13)7-11/h1-4,11-14H,5-10H2. The van der Waals surface area contributed by atoms with E-state index in [4.69, 9.17) is 11.6 Å². The minimum atomic E-state index is -0.0914. The Morgan fingerprint density at radius 2 is 2.06 bits per heavy atom. The molecule has 1 aromatic rings. The predicted molar refractivity (Wildman–Crippen MR) is 73.4 cm³/mol. The number of benzene rings is 1. The fraction of sp³-hybridized carbons (Fsp3) is 0.625. The molecule has 4 unspecified atom stereocenters. The molecule has 0 N–H and O–H groups in total. The molecule has 2 fully saturated rings. The molecule has 0 heterocycles. The van der Waals surface area contributed by atoms with Crippen LogP contribution in [0, 0.1) is 23.6 Å². The fourth-order valence-corrected chi connectivity index (χ4v) is 4.40. The molecule has 3 rings (SSSR count). The molecule has 98 valence electrons. The normalized spacial score (nSPS) is 31.8. The second-order valence-electron chi connectivity index (χ2n) is 6.04. The second kappa shape index (κ2) is 5.21. The summed E-state index contributed by atoms with van der Waals surface area (Å²) in [7, 11) is 0. The zero-order valence-electron chi connectivity index (χ0n) is 10.6. The van der Waals surface area contributed by atoms with Gasteiger partial charge in [0.15, 0.2) is 0 Å². The number of halogens is 2. The van der Waals surface area contributed by atoms with Crippen molar-refractivity contribution < 1.29 is 4.39 Å². The van der Waals surface area contributed by atoms with Crippen molar-refractivity contribution in [3.05, 3.63) is 35.6 Å². The van der Waals surface area contributed by atoms with Gasteiger partial charge in [0.1, 0.15) is 5.82 Å². The summed E-state index contributed by atoms with van der Waals surface area (Å²) in [6.45, 7) is 0. The molecule has 1 aromatic carbocycles. The van der Waals surface area contributed by atoms with Crippen molar-refractivity contribution in [2.45, 2.75) is 38.0 Å². The van der Waals surface area contributed by atoms with E-state index >= 15 is 0 Å². The Bertz CT molecular complexity index is 417. The smallest absolute Gasteiger partial charge is 0.126 e. The van der Waals surface area contributed by atoms with Crippen molar-refractivity contribution in [3.8, 4) is 0 Å². The largest absolute Gasteiger partial charge is 0.207 e. The van der Waals surface area contributed by atoms with Crippen LogP contribution in [0.25, 0.3) is 0 Å². The van der Waals surface area contributed by atoms with Crippen LogP contribution in [-0.2, 0) is 0 Å². The number of hydrogen-bond acceptors (Lipinski definition) is 0. The quantitative estimate of drug-likeness (QED) is 0.675. The van der Waals surface area contributed by atoms with Gasteiger partial charge in [0.25, 0.3) is 0 Å². The first-order valence-electron chi connectivity index (χ1n) is 7.08. The zero-order chi connectivity index (χ0) is 12.5. The van der Waals surface area contributed by atoms with E-state index in [1.165, 1.54) is 25.7 Å². The molecule has 2 aliphatic carbocycles. The van der Waals surface area contributed by atoms with Gasteiger partial charge in [-0.3, -0.25) is 0 Å². The highest BCUT2D eigenvalue weighted by Gasteiger charge is 2.40. The lowest BCUT2D eigenvalue weighted by Gasteiger charge is -2.26. The number of alkyl halides is 1. The molecule has 2 bridgehead atoms. The van der Waals surface area contributed by atoms with Crippen molar-refractivity contribution in [1.29, 1.82) is 0 Å². The van der Waals surface area contributed by atoms with Gasteiger partial charge in [-0.05, 0) is 55.1 Å². The van der Waals surface area contributed by atoms with Crippen molar-refractivity contribution in [1.82, 2.24) is 0 Å². The van der Waals surface area contributed by atoms with E-state index in [2.05, 4.69) is 0 Å². The van der Waals surface area contributed by atoms with Gasteiger partial charge in [-0.1, -0.05) is 24.6 Å². The molecule has 0 radical (unpaired) electrons. The lowest BCUT2D eigenvalue weighted by molar-refractivity contribution is 0.298. The Morgan fingerprint density at radius 1 is 1.22 bits per heavy atom. The van der Waals surface area contributed by atoms with Crippen molar-refractivity contribution in [3.63, 3.8) is 0 Å². The highest BCUT2D eigenvalue weighted by atomic mass is 35.5. The van der Waals surface area contributed by atoms with Crippen LogP contribution >= 0.6 is 11.6 Å². The molecule has 0 aliphatic heterocycles.